The lowest BCUT2D eigenvalue weighted by atomic mass is 9.81. The summed E-state index contributed by atoms with van der Waals surface area (Å²) in [5.41, 5.74) is 2.17. The van der Waals surface area contributed by atoms with Crippen molar-refractivity contribution < 1.29 is 47.7 Å². The van der Waals surface area contributed by atoms with Gasteiger partial charge in [0.1, 0.15) is 30.6 Å². The number of nitrogens with one attached hydrogen (secondary N) is 6. The Labute approximate surface area is 373 Å². The van der Waals surface area contributed by atoms with Crippen molar-refractivity contribution in [1.29, 1.82) is 0 Å². The first kappa shape index (κ1) is 46.3. The molecular weight excluding hydrogens is 844 g/mol. The fourth-order valence-electron chi connectivity index (χ4n) is 8.57. The summed E-state index contributed by atoms with van der Waals surface area (Å²) >= 11 is 0. The summed E-state index contributed by atoms with van der Waals surface area (Å²) in [5.74, 6) is -3.68. The van der Waals surface area contributed by atoms with Crippen molar-refractivity contribution in [2.24, 2.45) is 0 Å². The number of esters is 1. The molecule has 65 heavy (non-hydrogen) atoms. The Morgan fingerprint density at radius 1 is 0.954 bits per heavy atom. The summed E-state index contributed by atoms with van der Waals surface area (Å²) in [6.45, 7) is 7.43. The number of rotatable bonds is 15. The van der Waals surface area contributed by atoms with Gasteiger partial charge >= 0.3 is 12.1 Å². The third-order valence-corrected chi connectivity index (χ3v) is 11.8. The normalized spacial score (nSPS) is 17.5. The van der Waals surface area contributed by atoms with Crippen molar-refractivity contribution in [2.75, 3.05) is 32.7 Å². The summed E-state index contributed by atoms with van der Waals surface area (Å²) in [6, 6.07) is 10.6. The molecule has 0 fully saturated rings. The third kappa shape index (κ3) is 9.85. The molecule has 7 N–H and O–H groups in total. The number of cyclic esters (lactones) is 1. The van der Waals surface area contributed by atoms with Crippen LogP contribution in [0.15, 0.2) is 47.3 Å². The number of hydrogen-bond acceptors (Lipinski definition) is 12. The zero-order valence-electron chi connectivity index (χ0n) is 36.9. The van der Waals surface area contributed by atoms with Gasteiger partial charge in [0.15, 0.2) is 5.60 Å². The lowest BCUT2D eigenvalue weighted by Crippen LogP contribution is -2.52. The highest BCUT2D eigenvalue weighted by Crippen LogP contribution is 2.46. The lowest BCUT2D eigenvalue weighted by Gasteiger charge is -2.31. The van der Waals surface area contributed by atoms with Gasteiger partial charge in [0, 0.05) is 48.1 Å². The topological polar surface area (TPSA) is 248 Å². The SMILES string of the molecule is CC[C@@]1(O)C(=O)OCc2c1cc1n(c2=O)Cc2c-1nc1cc(F)c(C)c3c1c2[C@@H](NCCNC(=O)CNC(=O)C(Cc1ccccc1)NC(=O)CNC(=O)CNC(=O)OC(C)(C)C)CC3. The summed E-state index contributed by atoms with van der Waals surface area (Å²) in [6.07, 6.45) is 0.413. The van der Waals surface area contributed by atoms with Crippen molar-refractivity contribution in [3.05, 3.63) is 97.6 Å². The molecule has 4 aromatic rings. The van der Waals surface area contributed by atoms with E-state index in [-0.39, 0.29) is 49.7 Å². The predicted molar refractivity (Wildman–Crippen MR) is 234 cm³/mol. The number of alkyl carbamates (subject to hydrolysis) is 1. The van der Waals surface area contributed by atoms with E-state index < -0.39 is 83.9 Å². The van der Waals surface area contributed by atoms with Crippen LogP contribution in [-0.4, -0.2) is 94.7 Å². The number of benzene rings is 2. The number of ether oxygens (including phenoxy) is 2. The molecule has 3 atom stereocenters. The second kappa shape index (κ2) is 18.8. The highest BCUT2D eigenvalue weighted by molar-refractivity contribution is 5.94. The van der Waals surface area contributed by atoms with Crippen LogP contribution in [0, 0.1) is 12.7 Å². The maximum Gasteiger partial charge on any atom is 0.408 e. The van der Waals surface area contributed by atoms with Gasteiger partial charge in [0.05, 0.1) is 42.1 Å². The number of halogens is 1. The summed E-state index contributed by atoms with van der Waals surface area (Å²) < 4.78 is 27.2. The number of hydrogen-bond donors (Lipinski definition) is 7. The molecule has 0 saturated heterocycles. The molecule has 2 aliphatic heterocycles. The van der Waals surface area contributed by atoms with E-state index in [4.69, 9.17) is 14.5 Å². The average molecular weight is 897 g/mol. The summed E-state index contributed by atoms with van der Waals surface area (Å²) in [7, 11) is 0. The molecule has 2 aromatic heterocycles. The minimum absolute atomic E-state index is 0.0109. The van der Waals surface area contributed by atoms with Gasteiger partial charge in [-0.1, -0.05) is 37.3 Å². The number of aryl methyl sites for hydroxylation is 1. The number of carbonyl (C=O) groups excluding carboxylic acids is 6. The van der Waals surface area contributed by atoms with Crippen molar-refractivity contribution in [2.45, 2.75) is 96.7 Å². The Hall–Kier alpha value is -6.73. The van der Waals surface area contributed by atoms with E-state index in [1.54, 1.807) is 75.6 Å². The third-order valence-electron chi connectivity index (χ3n) is 11.8. The van der Waals surface area contributed by atoms with Crippen molar-refractivity contribution in [1.82, 2.24) is 41.5 Å². The van der Waals surface area contributed by atoms with Gasteiger partial charge < -0.3 is 51.0 Å². The number of fused-ring (bicyclic) bond motifs is 5. The minimum Gasteiger partial charge on any atom is -0.458 e. The first-order valence-corrected chi connectivity index (χ1v) is 21.5. The van der Waals surface area contributed by atoms with E-state index >= 15 is 4.39 Å². The molecule has 4 heterocycles. The van der Waals surface area contributed by atoms with Gasteiger partial charge in [-0.3, -0.25) is 24.0 Å². The average Bonchev–Trinajstić information content (AvgIpc) is 3.64. The summed E-state index contributed by atoms with van der Waals surface area (Å²) in [5, 5.41) is 28.3. The monoisotopic (exact) mass is 896 g/mol. The zero-order valence-corrected chi connectivity index (χ0v) is 36.9. The van der Waals surface area contributed by atoms with Gasteiger partial charge in [0.2, 0.25) is 23.6 Å². The molecule has 0 bridgehead atoms. The van der Waals surface area contributed by atoms with E-state index in [1.165, 1.54) is 6.07 Å². The van der Waals surface area contributed by atoms with Crippen molar-refractivity contribution in [3.8, 4) is 11.4 Å². The second-order valence-corrected chi connectivity index (χ2v) is 17.4. The highest BCUT2D eigenvalue weighted by Gasteiger charge is 2.46. The van der Waals surface area contributed by atoms with Gasteiger partial charge in [-0.15, -0.1) is 0 Å². The van der Waals surface area contributed by atoms with Crippen LogP contribution in [0.4, 0.5) is 9.18 Å². The Morgan fingerprint density at radius 2 is 1.66 bits per heavy atom. The van der Waals surface area contributed by atoms with Crippen LogP contribution in [0.5, 0.6) is 0 Å². The van der Waals surface area contributed by atoms with Gasteiger partial charge in [-0.2, -0.15) is 0 Å². The molecule has 3 aliphatic rings. The molecule has 344 valence electrons. The number of pyridine rings is 2. The lowest BCUT2D eigenvalue weighted by molar-refractivity contribution is -0.172. The number of aromatic nitrogens is 2. The fourth-order valence-corrected chi connectivity index (χ4v) is 8.57. The van der Waals surface area contributed by atoms with Crippen LogP contribution in [0.3, 0.4) is 0 Å². The molecule has 1 aliphatic carbocycles. The first-order chi connectivity index (χ1) is 30.9. The molecule has 0 spiro atoms. The van der Waals surface area contributed by atoms with E-state index in [1.807, 2.05) is 0 Å². The minimum atomic E-state index is -2.00. The van der Waals surface area contributed by atoms with Crippen LogP contribution in [-0.2, 0) is 65.0 Å². The van der Waals surface area contributed by atoms with E-state index in [2.05, 4.69) is 31.9 Å². The molecule has 7 rings (SSSR count). The van der Waals surface area contributed by atoms with E-state index in [9.17, 15) is 38.7 Å². The molecule has 5 amide bonds. The molecule has 2 aromatic carbocycles. The smallest absolute Gasteiger partial charge is 0.408 e. The maximum absolute atomic E-state index is 15.3. The number of aliphatic hydroxyl groups is 1. The molecule has 18 nitrogen and oxygen atoms in total. The van der Waals surface area contributed by atoms with Crippen molar-refractivity contribution in [3.63, 3.8) is 0 Å². The molecule has 0 saturated carbocycles. The van der Waals surface area contributed by atoms with Crippen LogP contribution < -0.4 is 37.5 Å². The largest absolute Gasteiger partial charge is 0.458 e. The van der Waals surface area contributed by atoms with Crippen LogP contribution in [0.2, 0.25) is 0 Å². The molecule has 0 radical (unpaired) electrons. The highest BCUT2D eigenvalue weighted by atomic mass is 19.1. The van der Waals surface area contributed by atoms with E-state index in [0.717, 1.165) is 27.6 Å². The number of amides is 5. The molecule has 1 unspecified atom stereocenters. The number of nitrogens with zero attached hydrogens (tertiary/aromatic N) is 2. The van der Waals surface area contributed by atoms with Crippen LogP contribution >= 0.6 is 0 Å². The maximum atomic E-state index is 15.3. The zero-order chi connectivity index (χ0) is 46.8. The molecule has 19 heteroatoms. The quantitative estimate of drug-likeness (QED) is 0.0587. The van der Waals surface area contributed by atoms with Crippen LogP contribution in [0.25, 0.3) is 22.3 Å². The Bertz CT molecular complexity index is 2650. The Kier molecular flexibility index (Phi) is 13.4. The van der Waals surface area contributed by atoms with Crippen molar-refractivity contribution >= 4 is 46.6 Å². The van der Waals surface area contributed by atoms with Gasteiger partial charge in [0.25, 0.3) is 5.56 Å². The first-order valence-electron chi connectivity index (χ1n) is 21.5. The summed E-state index contributed by atoms with van der Waals surface area (Å²) in [4.78, 5) is 94.9. The van der Waals surface area contributed by atoms with Gasteiger partial charge in [-0.25, -0.2) is 19.0 Å². The predicted octanol–water partition coefficient (Wildman–Crippen LogP) is 1.70. The van der Waals surface area contributed by atoms with Gasteiger partial charge in [-0.05, 0) is 75.3 Å². The standard InChI is InChI=1S/C46H53FN8O10/c1-6-46(63)29-17-34-40-27(22-55(34)42(60)28(29)23-64-43(46)61)39-31(13-12-26-24(2)30(47)18-32(54-40)38(26)39)48-14-15-49-35(56)19-51-41(59)33(16-25-10-8-7-9-11-25)53-37(58)21-50-36(57)20-52-44(62)65-45(3,4)5/h7-11,17-18,31,33,48,63H,6,12-16,19-23H2,1-5H3,(H,49,56)(H,50,57)(H,51,59)(H,52,62)(H,53,58)/t31-,33?,46-/m0/s1. The van der Waals surface area contributed by atoms with Crippen LogP contribution in [0.1, 0.15) is 85.5 Å². The molecular formula is C46H53FN8O10. The van der Waals surface area contributed by atoms with E-state index in [0.29, 0.717) is 41.9 Å². The number of carbonyl (C=O) groups is 6. The Balaban J connectivity index is 0.982. The second-order valence-electron chi connectivity index (χ2n) is 17.4. The Morgan fingerprint density at radius 3 is 2.38 bits per heavy atom. The fraction of sp³-hybridized carbons (Fsp3) is 0.435.